The summed E-state index contributed by atoms with van der Waals surface area (Å²) < 4.78 is 1.68. The normalized spacial score (nSPS) is 22.1. The van der Waals surface area contributed by atoms with Crippen LogP contribution in [0, 0.1) is 5.92 Å². The van der Waals surface area contributed by atoms with Gasteiger partial charge in [-0.2, -0.15) is 16.9 Å². The van der Waals surface area contributed by atoms with E-state index in [2.05, 4.69) is 5.10 Å². The third-order valence-electron chi connectivity index (χ3n) is 2.29. The Balaban J connectivity index is 2.12. The number of rotatable bonds is 2. The van der Waals surface area contributed by atoms with Crippen LogP contribution in [0.1, 0.15) is 16.8 Å². The lowest BCUT2D eigenvalue weighted by molar-refractivity contribution is 0.0933. The molecule has 1 aromatic heterocycles. The fourth-order valence-corrected chi connectivity index (χ4v) is 2.75. The average molecular weight is 196 g/mol. The van der Waals surface area contributed by atoms with Gasteiger partial charge in [-0.05, 0) is 12.2 Å². The van der Waals surface area contributed by atoms with Gasteiger partial charge in [-0.3, -0.25) is 9.48 Å². The van der Waals surface area contributed by atoms with Crippen LogP contribution in [0.3, 0.4) is 0 Å². The van der Waals surface area contributed by atoms with Crippen molar-refractivity contribution in [3.63, 3.8) is 0 Å². The van der Waals surface area contributed by atoms with E-state index in [1.165, 1.54) is 0 Å². The molecule has 2 rings (SSSR count). The molecule has 2 heterocycles. The van der Waals surface area contributed by atoms with Crippen LogP contribution < -0.4 is 0 Å². The molecule has 70 valence electrons. The van der Waals surface area contributed by atoms with E-state index < -0.39 is 0 Å². The monoisotopic (exact) mass is 196 g/mol. The summed E-state index contributed by atoms with van der Waals surface area (Å²) in [7, 11) is 1.83. The van der Waals surface area contributed by atoms with Crippen LogP contribution in [0.5, 0.6) is 0 Å². The van der Waals surface area contributed by atoms with Crippen molar-refractivity contribution in [1.82, 2.24) is 9.78 Å². The summed E-state index contributed by atoms with van der Waals surface area (Å²) in [5.41, 5.74) is 0.759. The Morgan fingerprint density at radius 3 is 3.15 bits per heavy atom. The topological polar surface area (TPSA) is 34.9 Å². The van der Waals surface area contributed by atoms with Crippen LogP contribution in [-0.2, 0) is 7.05 Å². The number of thioether (sulfide) groups is 1. The highest BCUT2D eigenvalue weighted by Crippen LogP contribution is 2.26. The van der Waals surface area contributed by atoms with Crippen LogP contribution in [-0.4, -0.2) is 27.1 Å². The van der Waals surface area contributed by atoms with Gasteiger partial charge in [-0.15, -0.1) is 0 Å². The number of Topliss-reactive ketones (excluding diaryl/α,β-unsaturated/α-hetero) is 1. The van der Waals surface area contributed by atoms with Gasteiger partial charge in [0.2, 0.25) is 0 Å². The molecular weight excluding hydrogens is 184 g/mol. The van der Waals surface area contributed by atoms with Gasteiger partial charge in [0.1, 0.15) is 0 Å². The lowest BCUT2D eigenvalue weighted by Gasteiger charge is -2.03. The lowest BCUT2D eigenvalue weighted by Crippen LogP contribution is -2.13. The van der Waals surface area contributed by atoms with Gasteiger partial charge >= 0.3 is 0 Å². The molecule has 0 spiro atoms. The molecule has 0 amide bonds. The predicted molar refractivity (Wildman–Crippen MR) is 53.0 cm³/mol. The highest BCUT2D eigenvalue weighted by molar-refractivity contribution is 7.99. The molecule has 13 heavy (non-hydrogen) atoms. The zero-order chi connectivity index (χ0) is 9.26. The number of aryl methyl sites for hydroxylation is 1. The van der Waals surface area contributed by atoms with Gasteiger partial charge in [-0.25, -0.2) is 0 Å². The number of aromatic nitrogens is 2. The van der Waals surface area contributed by atoms with E-state index in [0.717, 1.165) is 23.5 Å². The third kappa shape index (κ3) is 1.77. The molecule has 3 nitrogen and oxygen atoms in total. The van der Waals surface area contributed by atoms with Crippen molar-refractivity contribution in [1.29, 1.82) is 0 Å². The summed E-state index contributed by atoms with van der Waals surface area (Å²) in [4.78, 5) is 11.8. The van der Waals surface area contributed by atoms with Gasteiger partial charge < -0.3 is 0 Å². The number of carbonyl (C=O) groups is 1. The van der Waals surface area contributed by atoms with E-state index in [0.29, 0.717) is 0 Å². The van der Waals surface area contributed by atoms with Gasteiger partial charge in [0.15, 0.2) is 5.78 Å². The van der Waals surface area contributed by atoms with Crippen LogP contribution >= 0.6 is 11.8 Å². The van der Waals surface area contributed by atoms with E-state index in [9.17, 15) is 4.79 Å². The maximum Gasteiger partial charge on any atom is 0.169 e. The van der Waals surface area contributed by atoms with Crippen molar-refractivity contribution in [3.8, 4) is 0 Å². The maximum atomic E-state index is 11.8. The molecule has 4 heteroatoms. The Morgan fingerprint density at radius 2 is 2.62 bits per heavy atom. The number of hydrogen-bond acceptors (Lipinski definition) is 3. The number of ketones is 1. The molecular formula is C9H12N2OS. The molecule has 0 N–H and O–H groups in total. The van der Waals surface area contributed by atoms with E-state index in [1.807, 2.05) is 18.8 Å². The quantitative estimate of drug-likeness (QED) is 0.670. The minimum atomic E-state index is 0.231. The smallest absolute Gasteiger partial charge is 0.169 e. The molecule has 1 unspecified atom stereocenters. The summed E-state index contributed by atoms with van der Waals surface area (Å²) in [6.45, 7) is 0. The highest BCUT2D eigenvalue weighted by atomic mass is 32.2. The molecule has 0 aliphatic carbocycles. The molecule has 1 aliphatic heterocycles. The maximum absolute atomic E-state index is 11.8. The fraction of sp³-hybridized carbons (Fsp3) is 0.556. The van der Waals surface area contributed by atoms with Gasteiger partial charge in [0, 0.05) is 24.9 Å². The first-order valence-electron chi connectivity index (χ1n) is 4.38. The van der Waals surface area contributed by atoms with Crippen molar-refractivity contribution in [3.05, 3.63) is 18.0 Å². The highest BCUT2D eigenvalue weighted by Gasteiger charge is 2.24. The Bertz CT molecular complexity index is 315. The summed E-state index contributed by atoms with van der Waals surface area (Å²) in [6, 6.07) is 0. The molecule has 1 saturated heterocycles. The van der Waals surface area contributed by atoms with Gasteiger partial charge in [0.05, 0.1) is 11.8 Å². The van der Waals surface area contributed by atoms with Gasteiger partial charge in [-0.1, -0.05) is 0 Å². The first-order valence-corrected chi connectivity index (χ1v) is 5.53. The first-order chi connectivity index (χ1) is 6.27. The summed E-state index contributed by atoms with van der Waals surface area (Å²) in [5, 5.41) is 4.00. The second-order valence-corrected chi connectivity index (χ2v) is 4.48. The second-order valence-electron chi connectivity index (χ2n) is 3.33. The SMILES string of the molecule is Cn1cc(C(=O)C2CCSC2)cn1. The molecule has 1 aromatic rings. The lowest BCUT2D eigenvalue weighted by atomic mass is 10.00. The van der Waals surface area contributed by atoms with Crippen molar-refractivity contribution in [2.45, 2.75) is 6.42 Å². The summed E-state index contributed by atoms with van der Waals surface area (Å²) >= 11 is 1.86. The Morgan fingerprint density at radius 1 is 1.77 bits per heavy atom. The van der Waals surface area contributed by atoms with Crippen molar-refractivity contribution in [2.24, 2.45) is 13.0 Å². The van der Waals surface area contributed by atoms with E-state index in [4.69, 9.17) is 0 Å². The van der Waals surface area contributed by atoms with Crippen molar-refractivity contribution >= 4 is 17.5 Å². The number of carbonyl (C=O) groups excluding carboxylic acids is 1. The number of nitrogens with zero attached hydrogens (tertiary/aromatic N) is 2. The van der Waals surface area contributed by atoms with Crippen LogP contribution in [0.4, 0.5) is 0 Å². The third-order valence-corrected chi connectivity index (χ3v) is 3.45. The fourth-order valence-electron chi connectivity index (χ4n) is 1.53. The predicted octanol–water partition coefficient (Wildman–Crippen LogP) is 1.36. The molecule has 1 fully saturated rings. The molecule has 1 atom stereocenters. The zero-order valence-corrected chi connectivity index (χ0v) is 8.38. The van der Waals surface area contributed by atoms with Crippen LogP contribution in [0.25, 0.3) is 0 Å². The van der Waals surface area contributed by atoms with Crippen molar-refractivity contribution in [2.75, 3.05) is 11.5 Å². The van der Waals surface area contributed by atoms with E-state index >= 15 is 0 Å². The summed E-state index contributed by atoms with van der Waals surface area (Å²) in [6.07, 6.45) is 4.48. The summed E-state index contributed by atoms with van der Waals surface area (Å²) in [5.74, 6) is 2.59. The van der Waals surface area contributed by atoms with Crippen LogP contribution in [0.2, 0.25) is 0 Å². The average Bonchev–Trinajstić information content (AvgIpc) is 2.72. The molecule has 0 aromatic carbocycles. The van der Waals surface area contributed by atoms with Crippen LogP contribution in [0.15, 0.2) is 12.4 Å². The molecule has 0 bridgehead atoms. The number of hydrogen-bond donors (Lipinski definition) is 0. The molecule has 0 saturated carbocycles. The van der Waals surface area contributed by atoms with E-state index in [1.54, 1.807) is 17.1 Å². The minimum Gasteiger partial charge on any atom is -0.294 e. The Kier molecular flexibility index (Phi) is 2.40. The zero-order valence-electron chi connectivity index (χ0n) is 7.56. The Labute approximate surface area is 81.5 Å². The van der Waals surface area contributed by atoms with Gasteiger partial charge in [0.25, 0.3) is 0 Å². The Hall–Kier alpha value is -0.770. The van der Waals surface area contributed by atoms with E-state index in [-0.39, 0.29) is 11.7 Å². The molecule has 1 aliphatic rings. The molecule has 0 radical (unpaired) electrons. The largest absolute Gasteiger partial charge is 0.294 e. The standard InChI is InChI=1S/C9H12N2OS/c1-11-5-8(4-10-11)9(12)7-2-3-13-6-7/h4-5,7H,2-3,6H2,1H3. The first kappa shape index (κ1) is 8.81. The van der Waals surface area contributed by atoms with Crippen molar-refractivity contribution < 1.29 is 4.79 Å². The minimum absolute atomic E-state index is 0.231. The second kappa shape index (κ2) is 3.54.